The number of amides is 1. The van der Waals surface area contributed by atoms with Crippen LogP contribution in [0.15, 0.2) is 24.3 Å². The van der Waals surface area contributed by atoms with E-state index in [1.165, 1.54) is 12.1 Å². The van der Waals surface area contributed by atoms with Crippen LogP contribution in [0.25, 0.3) is 0 Å². The van der Waals surface area contributed by atoms with E-state index >= 15 is 0 Å². The fraction of sp³-hybridized carbons (Fsp3) is 0.385. The zero-order valence-corrected chi connectivity index (χ0v) is 10.9. The number of halogens is 4. The number of carbonyl (C=O) groups is 2. The van der Waals surface area contributed by atoms with Crippen LogP contribution in [0, 0.1) is 11.8 Å². The largest absolute Gasteiger partial charge is 0.481 e. The third-order valence-corrected chi connectivity index (χ3v) is 3.05. The molecule has 9 heteroatoms. The Labute approximate surface area is 121 Å². The Balaban J connectivity index is 2.00. The molecule has 2 rings (SSSR count). The van der Waals surface area contributed by atoms with E-state index in [1.807, 2.05) is 0 Å². The van der Waals surface area contributed by atoms with Crippen molar-refractivity contribution >= 4 is 17.6 Å². The highest BCUT2D eigenvalue weighted by Gasteiger charge is 2.48. The van der Waals surface area contributed by atoms with Crippen LogP contribution in [0.3, 0.4) is 0 Å². The van der Waals surface area contributed by atoms with Crippen molar-refractivity contribution in [2.24, 2.45) is 11.8 Å². The molecule has 0 heterocycles. The van der Waals surface area contributed by atoms with Crippen LogP contribution in [0.2, 0.25) is 0 Å². The van der Waals surface area contributed by atoms with Gasteiger partial charge in [0.15, 0.2) is 0 Å². The predicted octanol–water partition coefficient (Wildman–Crippen LogP) is 2.58. The molecule has 1 aromatic carbocycles. The van der Waals surface area contributed by atoms with Crippen molar-refractivity contribution in [1.29, 1.82) is 0 Å². The minimum Gasteiger partial charge on any atom is -0.481 e. The Hall–Kier alpha value is -2.32. The molecule has 2 atom stereocenters. The SMILES string of the molecule is O=C(O)C1CC1C(=O)Nc1cccc(OC(F)(F)C(F)F)c1. The molecule has 0 spiro atoms. The van der Waals surface area contributed by atoms with Gasteiger partial charge in [-0.2, -0.15) is 17.6 Å². The molecule has 0 aliphatic heterocycles. The van der Waals surface area contributed by atoms with Crippen LogP contribution in [0.4, 0.5) is 23.2 Å². The van der Waals surface area contributed by atoms with Gasteiger partial charge in [0.25, 0.3) is 0 Å². The summed E-state index contributed by atoms with van der Waals surface area (Å²) < 4.78 is 53.5. The van der Waals surface area contributed by atoms with Crippen molar-refractivity contribution in [3.63, 3.8) is 0 Å². The van der Waals surface area contributed by atoms with Gasteiger partial charge >= 0.3 is 18.5 Å². The van der Waals surface area contributed by atoms with Gasteiger partial charge in [-0.25, -0.2) is 0 Å². The van der Waals surface area contributed by atoms with E-state index in [0.29, 0.717) is 0 Å². The lowest BCUT2D eigenvalue weighted by molar-refractivity contribution is -0.253. The highest BCUT2D eigenvalue weighted by atomic mass is 19.3. The Morgan fingerprint density at radius 1 is 1.32 bits per heavy atom. The van der Waals surface area contributed by atoms with Gasteiger partial charge in [0.05, 0.1) is 11.8 Å². The molecule has 1 amide bonds. The van der Waals surface area contributed by atoms with Crippen LogP contribution < -0.4 is 10.1 Å². The van der Waals surface area contributed by atoms with Gasteiger partial charge in [0.2, 0.25) is 5.91 Å². The molecule has 1 aromatic rings. The standard InChI is InChI=1S/C13H11F4NO4/c14-12(15)13(16,17)22-7-3-1-2-6(4-7)18-10(19)8-5-9(8)11(20)21/h1-4,8-9,12H,5H2,(H,18,19)(H,20,21). The molecule has 2 unspecified atom stereocenters. The third kappa shape index (κ3) is 3.66. The van der Waals surface area contributed by atoms with Crippen molar-refractivity contribution in [3.8, 4) is 5.75 Å². The Morgan fingerprint density at radius 3 is 2.55 bits per heavy atom. The molecule has 0 radical (unpaired) electrons. The number of anilines is 1. The average Bonchev–Trinajstić information content (AvgIpc) is 3.18. The first-order chi connectivity index (χ1) is 10.2. The van der Waals surface area contributed by atoms with Crippen LogP contribution in [-0.4, -0.2) is 29.5 Å². The number of carboxylic acid groups (broad SMARTS) is 1. The van der Waals surface area contributed by atoms with Gasteiger partial charge in [0, 0.05) is 11.8 Å². The molecule has 0 bridgehead atoms. The van der Waals surface area contributed by atoms with Crippen LogP contribution >= 0.6 is 0 Å². The zero-order valence-electron chi connectivity index (χ0n) is 10.9. The number of hydrogen-bond donors (Lipinski definition) is 2. The average molecular weight is 321 g/mol. The van der Waals surface area contributed by atoms with Gasteiger partial charge in [-0.1, -0.05) is 6.07 Å². The van der Waals surface area contributed by atoms with Crippen molar-refractivity contribution in [2.45, 2.75) is 19.0 Å². The molecule has 5 nitrogen and oxygen atoms in total. The second-order valence-electron chi connectivity index (χ2n) is 4.77. The van der Waals surface area contributed by atoms with Gasteiger partial charge in [-0.05, 0) is 18.6 Å². The summed E-state index contributed by atoms with van der Waals surface area (Å²) in [4.78, 5) is 22.4. The maximum Gasteiger partial charge on any atom is 0.461 e. The second kappa shape index (κ2) is 5.82. The molecular weight excluding hydrogens is 310 g/mol. The number of aliphatic carboxylic acids is 1. The van der Waals surface area contributed by atoms with E-state index in [1.54, 1.807) is 0 Å². The topological polar surface area (TPSA) is 75.6 Å². The van der Waals surface area contributed by atoms with E-state index in [-0.39, 0.29) is 12.1 Å². The summed E-state index contributed by atoms with van der Waals surface area (Å²) in [7, 11) is 0. The van der Waals surface area contributed by atoms with Crippen molar-refractivity contribution in [2.75, 3.05) is 5.32 Å². The minimum atomic E-state index is -4.65. The highest BCUT2D eigenvalue weighted by Crippen LogP contribution is 2.39. The monoisotopic (exact) mass is 321 g/mol. The lowest BCUT2D eigenvalue weighted by Crippen LogP contribution is -2.33. The summed E-state index contributed by atoms with van der Waals surface area (Å²) in [5.74, 6) is -3.67. The summed E-state index contributed by atoms with van der Waals surface area (Å²) in [6.45, 7) is 0. The van der Waals surface area contributed by atoms with E-state index in [9.17, 15) is 27.2 Å². The van der Waals surface area contributed by atoms with Crippen molar-refractivity contribution in [1.82, 2.24) is 0 Å². The first-order valence-electron chi connectivity index (χ1n) is 6.19. The van der Waals surface area contributed by atoms with Gasteiger partial charge < -0.3 is 15.2 Å². The molecule has 120 valence electrons. The fourth-order valence-electron chi connectivity index (χ4n) is 1.83. The summed E-state index contributed by atoms with van der Waals surface area (Å²) in [5.41, 5.74) is 0.0450. The molecule has 1 aliphatic carbocycles. The maximum atomic E-state index is 12.8. The van der Waals surface area contributed by atoms with Crippen LogP contribution in [0.1, 0.15) is 6.42 Å². The number of ether oxygens (including phenoxy) is 1. The van der Waals surface area contributed by atoms with Gasteiger partial charge in [-0.15, -0.1) is 0 Å². The molecule has 0 aromatic heterocycles. The molecule has 22 heavy (non-hydrogen) atoms. The number of alkyl halides is 4. The number of hydrogen-bond acceptors (Lipinski definition) is 3. The summed E-state index contributed by atoms with van der Waals surface area (Å²) in [6, 6.07) is 4.55. The first kappa shape index (κ1) is 16.1. The minimum absolute atomic E-state index is 0.0450. The Bertz CT molecular complexity index is 593. The van der Waals surface area contributed by atoms with E-state index in [4.69, 9.17) is 5.11 Å². The third-order valence-electron chi connectivity index (χ3n) is 3.05. The molecule has 1 aliphatic rings. The number of carboxylic acids is 1. The normalized spacial score (nSPS) is 20.6. The Kier molecular flexibility index (Phi) is 4.25. The van der Waals surface area contributed by atoms with Crippen LogP contribution in [0.5, 0.6) is 5.75 Å². The highest BCUT2D eigenvalue weighted by molar-refractivity contribution is 5.98. The molecule has 0 saturated heterocycles. The fourth-order valence-corrected chi connectivity index (χ4v) is 1.83. The number of benzene rings is 1. The van der Waals surface area contributed by atoms with Crippen molar-refractivity contribution < 1.29 is 37.0 Å². The summed E-state index contributed by atoms with van der Waals surface area (Å²) in [5, 5.41) is 11.0. The molecule has 1 saturated carbocycles. The lowest BCUT2D eigenvalue weighted by atomic mass is 10.2. The zero-order chi connectivity index (χ0) is 16.5. The number of carbonyl (C=O) groups excluding carboxylic acids is 1. The number of nitrogens with one attached hydrogen (secondary N) is 1. The van der Waals surface area contributed by atoms with Crippen molar-refractivity contribution in [3.05, 3.63) is 24.3 Å². The predicted molar refractivity (Wildman–Crippen MR) is 65.9 cm³/mol. The second-order valence-corrected chi connectivity index (χ2v) is 4.77. The lowest BCUT2D eigenvalue weighted by Gasteiger charge is -2.17. The molecule has 1 fully saturated rings. The first-order valence-corrected chi connectivity index (χ1v) is 6.19. The van der Waals surface area contributed by atoms with E-state index < -0.39 is 42.0 Å². The summed E-state index contributed by atoms with van der Waals surface area (Å²) >= 11 is 0. The number of rotatable bonds is 6. The maximum absolute atomic E-state index is 12.8. The van der Waals surface area contributed by atoms with Crippen LogP contribution in [-0.2, 0) is 9.59 Å². The summed E-state index contributed by atoms with van der Waals surface area (Å²) in [6.07, 6.45) is -8.44. The van der Waals surface area contributed by atoms with E-state index in [2.05, 4.69) is 10.1 Å². The molecule has 2 N–H and O–H groups in total. The van der Waals surface area contributed by atoms with Gasteiger partial charge in [-0.3, -0.25) is 9.59 Å². The Morgan fingerprint density at radius 2 is 2.00 bits per heavy atom. The van der Waals surface area contributed by atoms with Gasteiger partial charge in [0.1, 0.15) is 5.75 Å². The molecular formula is C13H11F4NO4. The smallest absolute Gasteiger partial charge is 0.461 e. The quantitative estimate of drug-likeness (QED) is 0.790. The van der Waals surface area contributed by atoms with E-state index in [0.717, 1.165) is 12.1 Å².